The molecule has 1 aromatic heterocycles. The lowest BCUT2D eigenvalue weighted by Gasteiger charge is -2.05. The summed E-state index contributed by atoms with van der Waals surface area (Å²) in [5.41, 5.74) is 1.06. The molecule has 1 amide bonds. The number of carbonyl (C=O) groups excluding carboxylic acids is 1. The van der Waals surface area contributed by atoms with E-state index < -0.39 is 0 Å². The molecule has 2 rings (SSSR count). The zero-order valence-electron chi connectivity index (χ0n) is 11.0. The third kappa shape index (κ3) is 3.62. The second-order valence-corrected chi connectivity index (χ2v) is 5.17. The van der Waals surface area contributed by atoms with Crippen molar-refractivity contribution in [2.24, 2.45) is 0 Å². The van der Waals surface area contributed by atoms with Crippen molar-refractivity contribution in [2.75, 3.05) is 18.5 Å². The number of carbonyl (C=O) groups is 1. The second-order valence-electron chi connectivity index (χ2n) is 3.96. The fraction of sp³-hybridized carbons (Fsp3) is 0.286. The second kappa shape index (κ2) is 6.45. The summed E-state index contributed by atoms with van der Waals surface area (Å²) in [7, 11) is 0. The van der Waals surface area contributed by atoms with Gasteiger partial charge in [0.1, 0.15) is 6.61 Å². The van der Waals surface area contributed by atoms with E-state index in [1.165, 1.54) is 0 Å². The van der Waals surface area contributed by atoms with Crippen LogP contribution in [0.4, 0.5) is 5.82 Å². The van der Waals surface area contributed by atoms with Gasteiger partial charge in [-0.2, -0.15) is 0 Å². The van der Waals surface area contributed by atoms with E-state index in [0.717, 1.165) is 15.4 Å². The molecule has 2 aromatic rings. The van der Waals surface area contributed by atoms with E-state index in [1.807, 2.05) is 44.2 Å². The Balaban J connectivity index is 2.20. The molecule has 1 aromatic carbocycles. The predicted octanol–water partition coefficient (Wildman–Crippen LogP) is 3.09. The number of aromatic nitrogens is 1. The van der Waals surface area contributed by atoms with Crippen LogP contribution in [0, 0.1) is 6.92 Å². The van der Waals surface area contributed by atoms with Crippen LogP contribution in [0.25, 0.3) is 10.4 Å². The van der Waals surface area contributed by atoms with E-state index in [2.05, 4.69) is 10.3 Å². The monoisotopic (exact) mass is 276 g/mol. The highest BCUT2D eigenvalue weighted by Crippen LogP contribution is 2.33. The van der Waals surface area contributed by atoms with Crippen LogP contribution >= 0.6 is 11.3 Å². The zero-order valence-corrected chi connectivity index (χ0v) is 11.8. The van der Waals surface area contributed by atoms with Crippen molar-refractivity contribution in [3.8, 4) is 10.4 Å². The van der Waals surface area contributed by atoms with Gasteiger partial charge in [0.2, 0.25) is 0 Å². The first-order valence-electron chi connectivity index (χ1n) is 6.11. The topological polar surface area (TPSA) is 51.2 Å². The minimum atomic E-state index is -0.177. The first-order chi connectivity index (χ1) is 9.20. The van der Waals surface area contributed by atoms with Crippen LogP contribution in [0.15, 0.2) is 30.3 Å². The predicted molar refractivity (Wildman–Crippen MR) is 77.4 cm³/mol. The van der Waals surface area contributed by atoms with Gasteiger partial charge < -0.3 is 10.1 Å². The van der Waals surface area contributed by atoms with E-state index in [0.29, 0.717) is 12.4 Å². The molecule has 0 radical (unpaired) electrons. The number of rotatable bonds is 5. The van der Waals surface area contributed by atoms with Gasteiger partial charge in [-0.15, -0.1) is 11.3 Å². The molecule has 0 aliphatic rings. The zero-order chi connectivity index (χ0) is 13.7. The van der Waals surface area contributed by atoms with E-state index in [4.69, 9.17) is 4.74 Å². The maximum Gasteiger partial charge on any atom is 0.251 e. The van der Waals surface area contributed by atoms with Gasteiger partial charge in [0.25, 0.3) is 5.91 Å². The molecule has 0 saturated heterocycles. The summed E-state index contributed by atoms with van der Waals surface area (Å²) in [6, 6.07) is 9.91. The molecule has 0 spiro atoms. The van der Waals surface area contributed by atoms with Gasteiger partial charge in [-0.3, -0.25) is 4.79 Å². The average Bonchev–Trinajstić information content (AvgIpc) is 2.78. The summed E-state index contributed by atoms with van der Waals surface area (Å²) < 4.78 is 5.08. The summed E-state index contributed by atoms with van der Waals surface area (Å²) in [6.45, 7) is 4.36. The molecule has 1 heterocycles. The highest BCUT2D eigenvalue weighted by atomic mass is 32.1. The number of hydrogen-bond donors (Lipinski definition) is 1. The molecule has 0 fully saturated rings. The molecule has 0 bridgehead atoms. The third-order valence-electron chi connectivity index (χ3n) is 2.47. The standard InChI is InChI=1S/C14H16N2O2S/c1-3-18-9-12(17)16-14-13(19-10(2)15-14)11-7-5-4-6-8-11/h4-8H,3,9H2,1-2H3,(H,16,17). The Bertz CT molecular complexity index is 552. The van der Waals surface area contributed by atoms with Crippen molar-refractivity contribution in [3.63, 3.8) is 0 Å². The van der Waals surface area contributed by atoms with Crippen LogP contribution in [0.5, 0.6) is 0 Å². The Hall–Kier alpha value is -1.72. The summed E-state index contributed by atoms with van der Waals surface area (Å²) in [4.78, 5) is 17.0. The summed E-state index contributed by atoms with van der Waals surface area (Å²) in [5, 5.41) is 3.72. The van der Waals surface area contributed by atoms with Crippen LogP contribution in [-0.2, 0) is 9.53 Å². The van der Waals surface area contributed by atoms with E-state index in [-0.39, 0.29) is 12.5 Å². The Morgan fingerprint density at radius 2 is 2.11 bits per heavy atom. The van der Waals surface area contributed by atoms with Gasteiger partial charge in [-0.05, 0) is 19.4 Å². The lowest BCUT2D eigenvalue weighted by atomic mass is 10.2. The van der Waals surface area contributed by atoms with E-state index in [1.54, 1.807) is 11.3 Å². The number of benzene rings is 1. The number of anilines is 1. The molecule has 19 heavy (non-hydrogen) atoms. The number of nitrogens with one attached hydrogen (secondary N) is 1. The highest BCUT2D eigenvalue weighted by Gasteiger charge is 2.13. The molecular weight excluding hydrogens is 260 g/mol. The molecule has 4 nitrogen and oxygen atoms in total. The summed E-state index contributed by atoms with van der Waals surface area (Å²) in [5.74, 6) is 0.433. The molecule has 0 aliphatic carbocycles. The number of aryl methyl sites for hydroxylation is 1. The smallest absolute Gasteiger partial charge is 0.251 e. The quantitative estimate of drug-likeness (QED) is 0.913. The molecule has 0 saturated carbocycles. The molecule has 0 aliphatic heterocycles. The fourth-order valence-electron chi connectivity index (χ4n) is 1.66. The molecule has 1 N–H and O–H groups in total. The van der Waals surface area contributed by atoms with Crippen LogP contribution in [0.3, 0.4) is 0 Å². The van der Waals surface area contributed by atoms with E-state index >= 15 is 0 Å². The highest BCUT2D eigenvalue weighted by molar-refractivity contribution is 7.15. The van der Waals surface area contributed by atoms with Gasteiger partial charge in [-0.1, -0.05) is 30.3 Å². The first-order valence-corrected chi connectivity index (χ1v) is 6.92. The van der Waals surface area contributed by atoms with Crippen LogP contribution in [-0.4, -0.2) is 24.1 Å². The minimum absolute atomic E-state index is 0.0568. The fourth-order valence-corrected chi connectivity index (χ4v) is 2.54. The van der Waals surface area contributed by atoms with Gasteiger partial charge >= 0.3 is 0 Å². The maximum atomic E-state index is 11.7. The van der Waals surface area contributed by atoms with Crippen molar-refractivity contribution < 1.29 is 9.53 Å². The number of nitrogens with zero attached hydrogens (tertiary/aromatic N) is 1. The maximum absolute atomic E-state index is 11.7. The Labute approximate surface area is 116 Å². The molecular formula is C14H16N2O2S. The van der Waals surface area contributed by atoms with Crippen molar-refractivity contribution in [3.05, 3.63) is 35.3 Å². The van der Waals surface area contributed by atoms with Crippen molar-refractivity contribution in [1.29, 1.82) is 0 Å². The number of ether oxygens (including phenoxy) is 1. The average molecular weight is 276 g/mol. The van der Waals surface area contributed by atoms with Crippen molar-refractivity contribution >= 4 is 23.1 Å². The SMILES string of the molecule is CCOCC(=O)Nc1nc(C)sc1-c1ccccc1. The van der Waals surface area contributed by atoms with Crippen LogP contribution in [0.1, 0.15) is 11.9 Å². The molecule has 100 valence electrons. The van der Waals surface area contributed by atoms with Crippen LogP contribution < -0.4 is 5.32 Å². The normalized spacial score (nSPS) is 10.4. The molecule has 5 heteroatoms. The third-order valence-corrected chi connectivity index (χ3v) is 3.49. The lowest BCUT2D eigenvalue weighted by Crippen LogP contribution is -2.18. The van der Waals surface area contributed by atoms with Crippen molar-refractivity contribution in [2.45, 2.75) is 13.8 Å². The van der Waals surface area contributed by atoms with Gasteiger partial charge in [0.15, 0.2) is 5.82 Å². The summed E-state index contributed by atoms with van der Waals surface area (Å²) in [6.07, 6.45) is 0. The Morgan fingerprint density at radius 3 is 2.79 bits per heavy atom. The minimum Gasteiger partial charge on any atom is -0.372 e. The Kier molecular flexibility index (Phi) is 4.65. The largest absolute Gasteiger partial charge is 0.372 e. The van der Waals surface area contributed by atoms with Gasteiger partial charge in [0.05, 0.1) is 9.88 Å². The number of hydrogen-bond acceptors (Lipinski definition) is 4. The van der Waals surface area contributed by atoms with Crippen molar-refractivity contribution in [1.82, 2.24) is 4.98 Å². The lowest BCUT2D eigenvalue weighted by molar-refractivity contribution is -0.120. The summed E-state index contributed by atoms with van der Waals surface area (Å²) >= 11 is 1.57. The Morgan fingerprint density at radius 1 is 1.37 bits per heavy atom. The first kappa shape index (κ1) is 13.7. The van der Waals surface area contributed by atoms with E-state index in [9.17, 15) is 4.79 Å². The number of amides is 1. The number of thiazole rings is 1. The molecule has 0 unspecified atom stereocenters. The van der Waals surface area contributed by atoms with Crippen LogP contribution in [0.2, 0.25) is 0 Å². The molecule has 0 atom stereocenters. The van der Waals surface area contributed by atoms with Gasteiger partial charge in [-0.25, -0.2) is 4.98 Å². The van der Waals surface area contributed by atoms with Gasteiger partial charge in [0, 0.05) is 6.61 Å².